The van der Waals surface area contributed by atoms with Gasteiger partial charge in [0.25, 0.3) is 0 Å². The summed E-state index contributed by atoms with van der Waals surface area (Å²) < 4.78 is 19.6. The first kappa shape index (κ1) is 18.9. The molecular formula is C19H30FN5O. The van der Waals surface area contributed by atoms with Crippen LogP contribution in [-0.2, 0) is 4.74 Å². The number of pyridine rings is 1. The van der Waals surface area contributed by atoms with Crippen molar-refractivity contribution in [1.29, 1.82) is 0 Å². The Kier molecular flexibility index (Phi) is 5.10. The van der Waals surface area contributed by atoms with Crippen molar-refractivity contribution >= 4 is 11.8 Å². The first-order valence-corrected chi connectivity index (χ1v) is 9.21. The van der Waals surface area contributed by atoms with Crippen molar-refractivity contribution in [3.8, 4) is 0 Å². The summed E-state index contributed by atoms with van der Waals surface area (Å²) in [7, 11) is 3.55. The molecule has 2 heterocycles. The average molecular weight is 363 g/mol. The molecule has 1 aromatic rings. The number of hydrogen-bond donors (Lipinski definition) is 2. The molecule has 0 aromatic carbocycles. The number of guanidine groups is 1. The van der Waals surface area contributed by atoms with Gasteiger partial charge in [-0.1, -0.05) is 13.8 Å². The van der Waals surface area contributed by atoms with Crippen LogP contribution >= 0.6 is 0 Å². The lowest BCUT2D eigenvalue weighted by molar-refractivity contribution is -0.176. The SMILES string of the molecule is CN=C(NC1CCN(c2ncccc2F)C1)NC1CC(C)(OC)C1(C)C. The van der Waals surface area contributed by atoms with Gasteiger partial charge in [-0.25, -0.2) is 9.37 Å². The number of ether oxygens (including phenoxy) is 1. The summed E-state index contributed by atoms with van der Waals surface area (Å²) in [6, 6.07) is 3.57. The summed E-state index contributed by atoms with van der Waals surface area (Å²) in [4.78, 5) is 10.5. The van der Waals surface area contributed by atoms with Crippen molar-refractivity contribution in [1.82, 2.24) is 15.6 Å². The highest BCUT2D eigenvalue weighted by Gasteiger charge is 2.58. The van der Waals surface area contributed by atoms with E-state index in [0.29, 0.717) is 18.4 Å². The summed E-state index contributed by atoms with van der Waals surface area (Å²) >= 11 is 0. The van der Waals surface area contributed by atoms with Gasteiger partial charge in [-0.05, 0) is 31.9 Å². The molecule has 1 saturated heterocycles. The van der Waals surface area contributed by atoms with Gasteiger partial charge in [-0.3, -0.25) is 4.99 Å². The monoisotopic (exact) mass is 363 g/mol. The van der Waals surface area contributed by atoms with E-state index in [0.717, 1.165) is 25.3 Å². The van der Waals surface area contributed by atoms with Gasteiger partial charge >= 0.3 is 0 Å². The second-order valence-corrected chi connectivity index (χ2v) is 8.01. The Bertz CT molecular complexity index is 680. The van der Waals surface area contributed by atoms with Crippen LogP contribution in [-0.4, -0.2) is 55.9 Å². The van der Waals surface area contributed by atoms with E-state index < -0.39 is 0 Å². The molecule has 2 N–H and O–H groups in total. The number of nitrogens with one attached hydrogen (secondary N) is 2. The molecule has 3 rings (SSSR count). The van der Waals surface area contributed by atoms with Gasteiger partial charge in [-0.2, -0.15) is 0 Å². The predicted octanol–water partition coefficient (Wildman–Crippen LogP) is 2.17. The van der Waals surface area contributed by atoms with Crippen molar-refractivity contribution < 1.29 is 9.13 Å². The third kappa shape index (κ3) is 3.24. The van der Waals surface area contributed by atoms with Gasteiger partial charge in [-0.15, -0.1) is 0 Å². The summed E-state index contributed by atoms with van der Waals surface area (Å²) in [6.07, 6.45) is 3.48. The van der Waals surface area contributed by atoms with Crippen LogP contribution in [0.15, 0.2) is 23.3 Å². The molecule has 3 unspecified atom stereocenters. The molecule has 0 radical (unpaired) electrons. The highest BCUT2D eigenvalue weighted by Crippen LogP contribution is 2.51. The van der Waals surface area contributed by atoms with Crippen molar-refractivity contribution in [3.63, 3.8) is 0 Å². The van der Waals surface area contributed by atoms with E-state index in [1.54, 1.807) is 26.4 Å². The zero-order chi connectivity index (χ0) is 18.9. The maximum Gasteiger partial charge on any atom is 0.191 e. The fraction of sp³-hybridized carbons (Fsp3) is 0.684. The highest BCUT2D eigenvalue weighted by molar-refractivity contribution is 5.80. The number of anilines is 1. The number of hydrogen-bond acceptors (Lipinski definition) is 4. The van der Waals surface area contributed by atoms with Crippen molar-refractivity contribution in [2.75, 3.05) is 32.1 Å². The molecular weight excluding hydrogens is 333 g/mol. The van der Waals surface area contributed by atoms with E-state index in [2.05, 4.69) is 41.4 Å². The number of rotatable bonds is 4. The Morgan fingerprint density at radius 2 is 2.15 bits per heavy atom. The molecule has 1 aromatic heterocycles. The molecule has 6 nitrogen and oxygen atoms in total. The Balaban J connectivity index is 1.57. The topological polar surface area (TPSA) is 61.8 Å². The quantitative estimate of drug-likeness (QED) is 0.634. The Morgan fingerprint density at radius 3 is 2.77 bits per heavy atom. The van der Waals surface area contributed by atoms with Crippen molar-refractivity contribution in [2.45, 2.75) is 51.3 Å². The molecule has 1 aliphatic carbocycles. The maximum atomic E-state index is 13.9. The second kappa shape index (κ2) is 7.02. The Morgan fingerprint density at radius 1 is 1.38 bits per heavy atom. The zero-order valence-corrected chi connectivity index (χ0v) is 16.3. The van der Waals surface area contributed by atoms with Crippen LogP contribution in [0.5, 0.6) is 0 Å². The van der Waals surface area contributed by atoms with E-state index in [1.165, 1.54) is 6.07 Å². The van der Waals surface area contributed by atoms with E-state index in [4.69, 9.17) is 4.74 Å². The third-order valence-electron chi connectivity index (χ3n) is 6.38. The number of methoxy groups -OCH3 is 1. The first-order valence-electron chi connectivity index (χ1n) is 9.21. The number of aromatic nitrogens is 1. The number of nitrogens with zero attached hydrogens (tertiary/aromatic N) is 3. The summed E-state index contributed by atoms with van der Waals surface area (Å²) in [5.74, 6) is 0.941. The van der Waals surface area contributed by atoms with Gasteiger partial charge in [0.15, 0.2) is 17.6 Å². The van der Waals surface area contributed by atoms with Crippen LogP contribution < -0.4 is 15.5 Å². The molecule has 2 aliphatic rings. The third-order valence-corrected chi connectivity index (χ3v) is 6.38. The lowest BCUT2D eigenvalue weighted by atomic mass is 9.56. The van der Waals surface area contributed by atoms with Crippen LogP contribution in [0.3, 0.4) is 0 Å². The summed E-state index contributed by atoms with van der Waals surface area (Å²) in [5, 5.41) is 7.00. The fourth-order valence-electron chi connectivity index (χ4n) is 3.93. The molecule has 0 spiro atoms. The molecule has 0 bridgehead atoms. The van der Waals surface area contributed by atoms with E-state index in [9.17, 15) is 4.39 Å². The Labute approximate surface area is 155 Å². The largest absolute Gasteiger partial charge is 0.378 e. The Hall–Kier alpha value is -1.89. The molecule has 2 fully saturated rings. The van der Waals surface area contributed by atoms with Crippen LogP contribution in [0.25, 0.3) is 0 Å². The minimum atomic E-state index is -0.272. The van der Waals surface area contributed by atoms with Gasteiger partial charge in [0.05, 0.1) is 5.60 Å². The lowest BCUT2D eigenvalue weighted by Gasteiger charge is -2.59. The summed E-state index contributed by atoms with van der Waals surface area (Å²) in [5.41, 5.74) is -0.109. The average Bonchev–Trinajstić information content (AvgIpc) is 3.08. The van der Waals surface area contributed by atoms with Gasteiger partial charge < -0.3 is 20.3 Å². The minimum absolute atomic E-state index is 0.0121. The highest BCUT2D eigenvalue weighted by atomic mass is 19.1. The standard InChI is InChI=1S/C19H30FN5O/c1-18(2)15(11-19(18,3)26-5)24-17(21-4)23-13-8-10-25(12-13)16-14(20)7-6-9-22-16/h6-7,9,13,15H,8,10-12H2,1-5H3,(H2,21,23,24). The van der Waals surface area contributed by atoms with Gasteiger partial charge in [0.1, 0.15) is 0 Å². The normalized spacial score (nSPS) is 30.8. The zero-order valence-electron chi connectivity index (χ0n) is 16.3. The molecule has 1 aliphatic heterocycles. The van der Waals surface area contributed by atoms with Crippen molar-refractivity contribution in [3.05, 3.63) is 24.1 Å². The van der Waals surface area contributed by atoms with Gasteiger partial charge in [0.2, 0.25) is 0 Å². The van der Waals surface area contributed by atoms with Crippen LogP contribution in [0.4, 0.5) is 10.2 Å². The van der Waals surface area contributed by atoms with Crippen LogP contribution in [0.1, 0.15) is 33.6 Å². The molecule has 1 saturated carbocycles. The minimum Gasteiger partial charge on any atom is -0.378 e. The van der Waals surface area contributed by atoms with Crippen LogP contribution in [0, 0.1) is 11.2 Å². The van der Waals surface area contributed by atoms with Crippen molar-refractivity contribution in [2.24, 2.45) is 10.4 Å². The van der Waals surface area contributed by atoms with E-state index >= 15 is 0 Å². The first-order chi connectivity index (χ1) is 12.3. The lowest BCUT2D eigenvalue weighted by Crippen LogP contribution is -2.69. The fourth-order valence-corrected chi connectivity index (χ4v) is 3.93. The molecule has 3 atom stereocenters. The van der Waals surface area contributed by atoms with Crippen LogP contribution in [0.2, 0.25) is 0 Å². The maximum absolute atomic E-state index is 13.9. The molecule has 0 amide bonds. The summed E-state index contributed by atoms with van der Waals surface area (Å²) in [6.45, 7) is 8.06. The predicted molar refractivity (Wildman–Crippen MR) is 102 cm³/mol. The number of halogens is 1. The van der Waals surface area contributed by atoms with E-state index in [1.807, 2.05) is 4.90 Å². The molecule has 26 heavy (non-hydrogen) atoms. The second-order valence-electron chi connectivity index (χ2n) is 8.01. The van der Waals surface area contributed by atoms with Gasteiger partial charge in [0, 0.05) is 50.9 Å². The molecule has 144 valence electrons. The number of aliphatic imine (C=N–C) groups is 1. The van der Waals surface area contributed by atoms with E-state index in [-0.39, 0.29) is 22.9 Å². The smallest absolute Gasteiger partial charge is 0.191 e. The molecule has 7 heteroatoms.